The fourth-order valence-corrected chi connectivity index (χ4v) is 3.44. The predicted octanol–water partition coefficient (Wildman–Crippen LogP) is 2.06. The Hall–Kier alpha value is -2.64. The summed E-state index contributed by atoms with van der Waals surface area (Å²) < 4.78 is 32.9. The molecule has 2 rings (SSSR count). The number of methoxy groups -OCH3 is 1. The van der Waals surface area contributed by atoms with Crippen molar-refractivity contribution in [1.29, 1.82) is 0 Å². The molecule has 1 unspecified atom stereocenters. The van der Waals surface area contributed by atoms with Gasteiger partial charge in [-0.1, -0.05) is 36.4 Å². The number of primary amides is 1. The maximum atomic E-state index is 12.6. The first kappa shape index (κ1) is 18.7. The van der Waals surface area contributed by atoms with Crippen LogP contribution in [0.3, 0.4) is 0 Å². The average molecular weight is 360 g/mol. The molecular formula is C18H20N2O4S. The van der Waals surface area contributed by atoms with E-state index in [-0.39, 0.29) is 10.5 Å². The fourth-order valence-electron chi connectivity index (χ4n) is 2.22. The molecular weight excluding hydrogens is 340 g/mol. The number of carbonyl (C=O) groups excluding carboxylic acids is 1. The van der Waals surface area contributed by atoms with Crippen LogP contribution in [0, 0.1) is 6.92 Å². The van der Waals surface area contributed by atoms with Crippen molar-refractivity contribution >= 4 is 15.9 Å². The fraction of sp³-hybridized carbons (Fsp3) is 0.167. The van der Waals surface area contributed by atoms with E-state index < -0.39 is 22.0 Å². The summed E-state index contributed by atoms with van der Waals surface area (Å²) in [6.45, 7) is 5.49. The number of benzene rings is 2. The number of nitrogens with one attached hydrogen (secondary N) is 1. The minimum Gasteiger partial charge on any atom is -0.497 e. The van der Waals surface area contributed by atoms with Gasteiger partial charge in [0.15, 0.2) is 0 Å². The first-order valence-electron chi connectivity index (χ1n) is 7.46. The van der Waals surface area contributed by atoms with Crippen molar-refractivity contribution in [3.63, 3.8) is 0 Å². The van der Waals surface area contributed by atoms with Crippen molar-refractivity contribution in [2.45, 2.75) is 17.9 Å². The van der Waals surface area contributed by atoms with Gasteiger partial charge in [-0.15, -0.1) is 0 Å². The van der Waals surface area contributed by atoms with Crippen molar-refractivity contribution in [3.05, 3.63) is 71.8 Å². The number of hydrogen-bond donors (Lipinski definition) is 2. The number of rotatable bonds is 7. The lowest BCUT2D eigenvalue weighted by atomic mass is 10.0. The van der Waals surface area contributed by atoms with Crippen LogP contribution in [0.25, 0.3) is 0 Å². The first-order valence-corrected chi connectivity index (χ1v) is 8.94. The van der Waals surface area contributed by atoms with Crippen LogP contribution >= 0.6 is 0 Å². The predicted molar refractivity (Wildman–Crippen MR) is 95.6 cm³/mol. The van der Waals surface area contributed by atoms with E-state index in [2.05, 4.69) is 11.3 Å². The molecule has 6 nitrogen and oxygen atoms in total. The molecule has 2 aromatic rings. The van der Waals surface area contributed by atoms with Crippen LogP contribution < -0.4 is 15.2 Å². The largest absolute Gasteiger partial charge is 0.497 e. The smallest absolute Gasteiger partial charge is 0.246 e. The summed E-state index contributed by atoms with van der Waals surface area (Å²) in [5.41, 5.74) is 6.72. The van der Waals surface area contributed by atoms with E-state index in [1.54, 1.807) is 36.4 Å². The normalized spacial score (nSPS) is 12.4. The highest BCUT2D eigenvalue weighted by molar-refractivity contribution is 7.89. The monoisotopic (exact) mass is 360 g/mol. The topological polar surface area (TPSA) is 98.5 Å². The Balaban J connectivity index is 2.40. The minimum atomic E-state index is -3.87. The lowest BCUT2D eigenvalue weighted by Crippen LogP contribution is -2.33. The Morgan fingerprint density at radius 2 is 1.68 bits per heavy atom. The summed E-state index contributed by atoms with van der Waals surface area (Å²) in [7, 11) is -2.35. The van der Waals surface area contributed by atoms with Gasteiger partial charge in [-0.2, -0.15) is 4.72 Å². The van der Waals surface area contributed by atoms with Gasteiger partial charge in [-0.05, 0) is 36.8 Å². The molecule has 0 saturated carbocycles. The first-order chi connectivity index (χ1) is 11.7. The number of hydrogen-bond acceptors (Lipinski definition) is 4. The van der Waals surface area contributed by atoms with Gasteiger partial charge in [0.1, 0.15) is 5.75 Å². The van der Waals surface area contributed by atoms with E-state index in [4.69, 9.17) is 10.5 Å². The maximum Gasteiger partial charge on any atom is 0.246 e. The second-order valence-corrected chi connectivity index (χ2v) is 7.24. The molecule has 0 spiro atoms. The molecule has 0 aliphatic rings. The highest BCUT2D eigenvalue weighted by Gasteiger charge is 2.26. The van der Waals surface area contributed by atoms with Crippen molar-refractivity contribution in [2.24, 2.45) is 5.73 Å². The zero-order valence-electron chi connectivity index (χ0n) is 14.0. The molecule has 0 radical (unpaired) electrons. The zero-order chi connectivity index (χ0) is 18.6. The molecule has 0 saturated heterocycles. The van der Waals surface area contributed by atoms with Gasteiger partial charge in [0.05, 0.1) is 18.0 Å². The summed E-state index contributed by atoms with van der Waals surface area (Å²) in [6.07, 6.45) is 0. The molecule has 0 aromatic heterocycles. The molecule has 7 heteroatoms. The molecule has 0 heterocycles. The second-order valence-electron chi connectivity index (χ2n) is 5.53. The maximum absolute atomic E-state index is 12.6. The Morgan fingerprint density at radius 1 is 1.12 bits per heavy atom. The Labute approximate surface area is 147 Å². The number of sulfonamides is 1. The highest BCUT2D eigenvalue weighted by Crippen LogP contribution is 2.25. The Bertz CT molecular complexity index is 872. The van der Waals surface area contributed by atoms with E-state index in [9.17, 15) is 13.2 Å². The SMILES string of the molecule is C=C(C(N)=O)C(NS(=O)(=O)c1ccc(C)cc1)c1ccc(OC)cc1. The van der Waals surface area contributed by atoms with Crippen molar-refractivity contribution in [1.82, 2.24) is 4.72 Å². The number of aryl methyl sites for hydroxylation is 1. The molecule has 0 aliphatic carbocycles. The molecule has 25 heavy (non-hydrogen) atoms. The number of nitrogens with two attached hydrogens (primary N) is 1. The molecule has 3 N–H and O–H groups in total. The van der Waals surface area contributed by atoms with Gasteiger partial charge in [-0.3, -0.25) is 4.79 Å². The molecule has 0 fully saturated rings. The van der Waals surface area contributed by atoms with Crippen LogP contribution in [0.15, 0.2) is 65.6 Å². The van der Waals surface area contributed by atoms with Gasteiger partial charge in [0.25, 0.3) is 0 Å². The number of carbonyl (C=O) groups is 1. The number of ether oxygens (including phenoxy) is 1. The van der Waals surface area contributed by atoms with Crippen LogP contribution in [0.1, 0.15) is 17.2 Å². The van der Waals surface area contributed by atoms with Crippen LogP contribution in [0.5, 0.6) is 5.75 Å². The van der Waals surface area contributed by atoms with Crippen molar-refractivity contribution in [3.8, 4) is 5.75 Å². The molecule has 1 amide bonds. The van der Waals surface area contributed by atoms with Gasteiger partial charge < -0.3 is 10.5 Å². The lowest BCUT2D eigenvalue weighted by Gasteiger charge is -2.20. The van der Waals surface area contributed by atoms with Gasteiger partial charge in [0.2, 0.25) is 15.9 Å². The van der Waals surface area contributed by atoms with Crippen LogP contribution in [-0.2, 0) is 14.8 Å². The van der Waals surface area contributed by atoms with Crippen molar-refractivity contribution < 1.29 is 17.9 Å². The lowest BCUT2D eigenvalue weighted by molar-refractivity contribution is -0.114. The van der Waals surface area contributed by atoms with Crippen LogP contribution in [0.2, 0.25) is 0 Å². The summed E-state index contributed by atoms with van der Waals surface area (Å²) in [5, 5.41) is 0. The quantitative estimate of drug-likeness (QED) is 0.739. The Morgan fingerprint density at radius 3 is 2.16 bits per heavy atom. The van der Waals surface area contributed by atoms with E-state index in [1.165, 1.54) is 19.2 Å². The third-order valence-electron chi connectivity index (χ3n) is 3.72. The van der Waals surface area contributed by atoms with Crippen LogP contribution in [0.4, 0.5) is 0 Å². The average Bonchev–Trinajstić information content (AvgIpc) is 2.59. The third kappa shape index (κ3) is 4.46. The van der Waals surface area contributed by atoms with Crippen molar-refractivity contribution in [2.75, 3.05) is 7.11 Å². The summed E-state index contributed by atoms with van der Waals surface area (Å²) in [4.78, 5) is 11.7. The standard InChI is InChI=1S/C18H20N2O4S/c1-12-4-10-16(11-5-12)25(22,23)20-17(13(2)18(19)21)14-6-8-15(24-3)9-7-14/h4-11,17,20H,2H2,1,3H3,(H2,19,21). The second kappa shape index (κ2) is 7.50. The van der Waals surface area contributed by atoms with E-state index >= 15 is 0 Å². The Kier molecular flexibility index (Phi) is 5.61. The van der Waals surface area contributed by atoms with Gasteiger partial charge >= 0.3 is 0 Å². The van der Waals surface area contributed by atoms with Gasteiger partial charge in [-0.25, -0.2) is 8.42 Å². The molecule has 2 aromatic carbocycles. The van der Waals surface area contributed by atoms with Gasteiger partial charge in [0, 0.05) is 5.57 Å². The molecule has 0 bridgehead atoms. The molecule has 1 atom stereocenters. The van der Waals surface area contributed by atoms with E-state index in [0.717, 1.165) is 5.56 Å². The minimum absolute atomic E-state index is 0.0548. The van der Waals surface area contributed by atoms with Crippen LogP contribution in [-0.4, -0.2) is 21.4 Å². The van der Waals surface area contributed by atoms with E-state index in [0.29, 0.717) is 11.3 Å². The summed E-state index contributed by atoms with van der Waals surface area (Å²) >= 11 is 0. The molecule has 0 aliphatic heterocycles. The van der Waals surface area contributed by atoms with E-state index in [1.807, 2.05) is 6.92 Å². The molecule has 132 valence electrons. The third-order valence-corrected chi connectivity index (χ3v) is 5.16. The number of amides is 1. The highest BCUT2D eigenvalue weighted by atomic mass is 32.2. The summed E-state index contributed by atoms with van der Waals surface area (Å²) in [5.74, 6) is -0.180. The summed E-state index contributed by atoms with van der Waals surface area (Å²) in [6, 6.07) is 12.0. The zero-order valence-corrected chi connectivity index (χ0v) is 14.8.